The molecule has 0 spiro atoms. The zero-order valence-electron chi connectivity index (χ0n) is 11.3. The summed E-state index contributed by atoms with van der Waals surface area (Å²) < 4.78 is 25.0. The molecule has 0 bridgehead atoms. The lowest BCUT2D eigenvalue weighted by Crippen LogP contribution is -2.35. The molecule has 2 nitrogen and oxygen atoms in total. The third kappa shape index (κ3) is 2.27. The number of sulfone groups is 1. The summed E-state index contributed by atoms with van der Waals surface area (Å²) in [6.07, 6.45) is 0.496. The molecule has 20 heavy (non-hydrogen) atoms. The van der Waals surface area contributed by atoms with Crippen LogP contribution >= 0.6 is 0 Å². The van der Waals surface area contributed by atoms with Crippen LogP contribution in [0.4, 0.5) is 0 Å². The van der Waals surface area contributed by atoms with Crippen LogP contribution in [0.5, 0.6) is 0 Å². The van der Waals surface area contributed by atoms with E-state index in [0.717, 1.165) is 5.56 Å². The van der Waals surface area contributed by atoms with E-state index in [2.05, 4.69) is 13.8 Å². The second-order valence-electron chi connectivity index (χ2n) is 4.68. The van der Waals surface area contributed by atoms with E-state index in [0.29, 0.717) is 4.90 Å². The highest BCUT2D eigenvalue weighted by atomic mass is 32.2. The van der Waals surface area contributed by atoms with Crippen LogP contribution < -0.4 is 0 Å². The van der Waals surface area contributed by atoms with E-state index in [-0.39, 0.29) is 12.8 Å². The van der Waals surface area contributed by atoms with Crippen molar-refractivity contribution < 1.29 is 8.42 Å². The van der Waals surface area contributed by atoms with E-state index in [1.165, 1.54) is 0 Å². The normalized spacial score (nSPS) is 12.3. The topological polar surface area (TPSA) is 34.1 Å². The SMILES string of the molecule is [CH2]CC(C[CH2])(c1ccccc1)S(=O)(=O)c1ccccc1. The minimum absolute atomic E-state index is 0.248. The summed E-state index contributed by atoms with van der Waals surface area (Å²) in [5, 5.41) is 0. The van der Waals surface area contributed by atoms with E-state index < -0.39 is 14.6 Å². The van der Waals surface area contributed by atoms with E-state index in [1.54, 1.807) is 30.3 Å². The molecule has 0 heterocycles. The first-order chi connectivity index (χ1) is 9.58. The van der Waals surface area contributed by atoms with Gasteiger partial charge in [0.15, 0.2) is 9.84 Å². The maximum Gasteiger partial charge on any atom is 0.188 e. The molecule has 2 aromatic carbocycles. The van der Waals surface area contributed by atoms with Gasteiger partial charge in [0, 0.05) is 0 Å². The molecule has 0 amide bonds. The molecule has 0 aliphatic carbocycles. The van der Waals surface area contributed by atoms with E-state index in [4.69, 9.17) is 0 Å². The van der Waals surface area contributed by atoms with Crippen molar-refractivity contribution in [3.8, 4) is 0 Å². The molecule has 104 valence electrons. The average molecular weight is 286 g/mol. The van der Waals surface area contributed by atoms with Crippen LogP contribution in [-0.2, 0) is 14.6 Å². The van der Waals surface area contributed by atoms with Gasteiger partial charge in [-0.1, -0.05) is 62.4 Å². The second-order valence-corrected chi connectivity index (χ2v) is 6.94. The van der Waals surface area contributed by atoms with Crippen LogP contribution in [0.15, 0.2) is 65.6 Å². The molecule has 2 rings (SSSR count). The fraction of sp³-hybridized carbons (Fsp3) is 0.176. The molecule has 0 aliphatic rings. The summed E-state index contributed by atoms with van der Waals surface area (Å²) in [5.74, 6) is 0. The lowest BCUT2D eigenvalue weighted by Gasteiger charge is -2.32. The third-order valence-electron chi connectivity index (χ3n) is 3.68. The largest absolute Gasteiger partial charge is 0.223 e. The first-order valence-corrected chi connectivity index (χ1v) is 8.00. The summed E-state index contributed by atoms with van der Waals surface area (Å²) >= 11 is 0. The summed E-state index contributed by atoms with van der Waals surface area (Å²) in [7, 11) is -3.54. The third-order valence-corrected chi connectivity index (χ3v) is 6.24. The zero-order chi connectivity index (χ0) is 14.6. The molecule has 0 atom stereocenters. The van der Waals surface area contributed by atoms with Crippen molar-refractivity contribution >= 4 is 9.84 Å². The standard InChI is InChI=1S/C17H18O2S/c1-3-17(4-2,15-11-7-5-8-12-15)20(18,19)16-13-9-6-10-14-16/h5-14H,1-4H2. The van der Waals surface area contributed by atoms with Gasteiger partial charge in [-0.15, -0.1) is 0 Å². The van der Waals surface area contributed by atoms with Gasteiger partial charge < -0.3 is 0 Å². The van der Waals surface area contributed by atoms with Crippen LogP contribution in [0.3, 0.4) is 0 Å². The molecule has 0 saturated carbocycles. The van der Waals surface area contributed by atoms with Crippen LogP contribution in [0, 0.1) is 13.8 Å². The van der Waals surface area contributed by atoms with Crippen molar-refractivity contribution in [2.24, 2.45) is 0 Å². The second kappa shape index (κ2) is 5.80. The Bertz CT molecular complexity index is 642. The van der Waals surface area contributed by atoms with Gasteiger partial charge in [-0.2, -0.15) is 0 Å². The number of rotatable bonds is 5. The van der Waals surface area contributed by atoms with Crippen molar-refractivity contribution in [1.82, 2.24) is 0 Å². The Kier molecular flexibility index (Phi) is 4.29. The zero-order valence-corrected chi connectivity index (χ0v) is 12.1. The molecule has 0 N–H and O–H groups in total. The molecular formula is C17H18O2S. The number of benzene rings is 2. The fourth-order valence-electron chi connectivity index (χ4n) is 2.40. The Hall–Kier alpha value is -1.61. The van der Waals surface area contributed by atoms with Crippen molar-refractivity contribution in [3.63, 3.8) is 0 Å². The van der Waals surface area contributed by atoms with E-state index in [1.807, 2.05) is 30.3 Å². The molecule has 0 saturated heterocycles. The fourth-order valence-corrected chi connectivity index (χ4v) is 4.36. The molecule has 2 aromatic rings. The molecule has 0 aliphatic heterocycles. The Balaban J connectivity index is 2.66. The monoisotopic (exact) mass is 286 g/mol. The Morgan fingerprint density at radius 1 is 0.800 bits per heavy atom. The molecular weight excluding hydrogens is 268 g/mol. The van der Waals surface area contributed by atoms with Gasteiger partial charge in [-0.3, -0.25) is 0 Å². The maximum absolute atomic E-state index is 13.0. The van der Waals surface area contributed by atoms with Crippen molar-refractivity contribution in [1.29, 1.82) is 0 Å². The van der Waals surface area contributed by atoms with E-state index in [9.17, 15) is 8.42 Å². The summed E-state index contributed by atoms with van der Waals surface area (Å²) in [4.78, 5) is 0.316. The minimum atomic E-state index is -3.54. The van der Waals surface area contributed by atoms with Gasteiger partial charge in [0.05, 0.1) is 4.90 Å². The first kappa shape index (κ1) is 14.8. The van der Waals surface area contributed by atoms with Gasteiger partial charge in [-0.05, 0) is 30.5 Å². The smallest absolute Gasteiger partial charge is 0.188 e. The van der Waals surface area contributed by atoms with Crippen LogP contribution in [0.1, 0.15) is 18.4 Å². The maximum atomic E-state index is 13.0. The highest BCUT2D eigenvalue weighted by Crippen LogP contribution is 2.40. The summed E-state index contributed by atoms with van der Waals surface area (Å²) in [5.41, 5.74) is 0.744. The Morgan fingerprint density at radius 2 is 1.25 bits per heavy atom. The quantitative estimate of drug-likeness (QED) is 0.837. The van der Waals surface area contributed by atoms with Crippen LogP contribution in [0.25, 0.3) is 0 Å². The van der Waals surface area contributed by atoms with Gasteiger partial charge in [-0.25, -0.2) is 8.42 Å². The predicted molar refractivity (Wildman–Crippen MR) is 81.7 cm³/mol. The van der Waals surface area contributed by atoms with Crippen molar-refractivity contribution in [3.05, 3.63) is 80.1 Å². The van der Waals surface area contributed by atoms with Gasteiger partial charge >= 0.3 is 0 Å². The molecule has 0 fully saturated rings. The van der Waals surface area contributed by atoms with E-state index >= 15 is 0 Å². The minimum Gasteiger partial charge on any atom is -0.223 e. The number of hydrogen-bond donors (Lipinski definition) is 0. The molecule has 0 aromatic heterocycles. The number of hydrogen-bond acceptors (Lipinski definition) is 2. The van der Waals surface area contributed by atoms with Crippen LogP contribution in [0.2, 0.25) is 0 Å². The summed E-state index contributed by atoms with van der Waals surface area (Å²) in [6, 6.07) is 17.7. The molecule has 0 unspecified atom stereocenters. The Labute approximate surface area is 121 Å². The van der Waals surface area contributed by atoms with Crippen molar-refractivity contribution in [2.45, 2.75) is 22.5 Å². The van der Waals surface area contributed by atoms with Gasteiger partial charge in [0.25, 0.3) is 0 Å². The van der Waals surface area contributed by atoms with Gasteiger partial charge in [0.2, 0.25) is 0 Å². The predicted octanol–water partition coefficient (Wildman–Crippen LogP) is 3.80. The first-order valence-electron chi connectivity index (χ1n) is 6.52. The highest BCUT2D eigenvalue weighted by molar-refractivity contribution is 7.92. The van der Waals surface area contributed by atoms with Crippen LogP contribution in [-0.4, -0.2) is 8.42 Å². The van der Waals surface area contributed by atoms with Crippen molar-refractivity contribution in [2.75, 3.05) is 0 Å². The summed E-state index contributed by atoms with van der Waals surface area (Å²) in [6.45, 7) is 7.76. The average Bonchev–Trinajstić information content (AvgIpc) is 2.51. The lowest BCUT2D eigenvalue weighted by atomic mass is 9.93. The molecule has 2 radical (unpaired) electrons. The van der Waals surface area contributed by atoms with Gasteiger partial charge in [0.1, 0.15) is 4.75 Å². The Morgan fingerprint density at radius 3 is 1.70 bits per heavy atom. The lowest BCUT2D eigenvalue weighted by molar-refractivity contribution is 0.519. The highest BCUT2D eigenvalue weighted by Gasteiger charge is 2.43. The molecule has 3 heteroatoms.